The van der Waals surface area contributed by atoms with Crippen molar-refractivity contribution in [2.75, 3.05) is 7.11 Å². The zero-order valence-corrected chi connectivity index (χ0v) is 12.4. The summed E-state index contributed by atoms with van der Waals surface area (Å²) >= 11 is 1.57. The van der Waals surface area contributed by atoms with E-state index in [9.17, 15) is 9.90 Å². The van der Waals surface area contributed by atoms with E-state index in [1.54, 1.807) is 23.6 Å². The Kier molecular flexibility index (Phi) is 3.94. The molecule has 0 saturated heterocycles. The lowest BCUT2D eigenvalue weighted by Gasteiger charge is -2.07. The third-order valence-corrected chi connectivity index (χ3v) is 3.88. The van der Waals surface area contributed by atoms with E-state index < -0.39 is 5.97 Å². The molecule has 0 radical (unpaired) electrons. The van der Waals surface area contributed by atoms with Crippen molar-refractivity contribution in [1.82, 2.24) is 19.7 Å². The highest BCUT2D eigenvalue weighted by Gasteiger charge is 2.19. The molecule has 3 rings (SSSR count). The van der Waals surface area contributed by atoms with Gasteiger partial charge in [-0.15, -0.1) is 11.3 Å². The number of carbonyl (C=O) groups is 1. The number of carboxylic acids is 1. The zero-order chi connectivity index (χ0) is 15.5. The summed E-state index contributed by atoms with van der Waals surface area (Å²) in [7, 11) is 1.49. The van der Waals surface area contributed by atoms with E-state index in [0.29, 0.717) is 11.6 Å². The molecule has 0 spiro atoms. The van der Waals surface area contributed by atoms with Crippen LogP contribution in [0, 0.1) is 0 Å². The molecule has 3 aromatic rings. The van der Waals surface area contributed by atoms with Gasteiger partial charge in [0.25, 0.3) is 5.95 Å². The van der Waals surface area contributed by atoms with Crippen LogP contribution in [0.1, 0.15) is 16.1 Å². The average molecular weight is 316 g/mol. The minimum absolute atomic E-state index is 0.0759. The summed E-state index contributed by atoms with van der Waals surface area (Å²) in [6.07, 6.45) is 2.90. The van der Waals surface area contributed by atoms with Crippen LogP contribution < -0.4 is 0 Å². The minimum atomic E-state index is -1.06. The maximum absolute atomic E-state index is 11.2. The SMILES string of the molecule is COCc1c(C(=O)O)cnn1-c1nccc(-c2cccs2)n1. The van der Waals surface area contributed by atoms with Gasteiger partial charge in [-0.3, -0.25) is 0 Å². The molecule has 0 fully saturated rings. The molecule has 0 aliphatic heterocycles. The molecule has 0 bridgehead atoms. The van der Waals surface area contributed by atoms with Crippen molar-refractivity contribution in [3.8, 4) is 16.5 Å². The Hall–Kier alpha value is -2.58. The summed E-state index contributed by atoms with van der Waals surface area (Å²) in [6.45, 7) is 0.105. The fourth-order valence-electron chi connectivity index (χ4n) is 2.01. The molecule has 0 unspecified atom stereocenters. The summed E-state index contributed by atoms with van der Waals surface area (Å²) in [6, 6.07) is 5.69. The summed E-state index contributed by atoms with van der Waals surface area (Å²) < 4.78 is 6.46. The predicted octanol–water partition coefficient (Wildman–Crippen LogP) is 2.24. The molecule has 0 aliphatic carbocycles. The number of methoxy groups -OCH3 is 1. The minimum Gasteiger partial charge on any atom is -0.478 e. The summed E-state index contributed by atoms with van der Waals surface area (Å²) in [5, 5.41) is 15.3. The summed E-state index contributed by atoms with van der Waals surface area (Å²) in [5.41, 5.74) is 1.24. The highest BCUT2D eigenvalue weighted by atomic mass is 32.1. The highest BCUT2D eigenvalue weighted by Crippen LogP contribution is 2.23. The fraction of sp³-hybridized carbons (Fsp3) is 0.143. The first-order chi connectivity index (χ1) is 10.7. The molecule has 8 heteroatoms. The van der Waals surface area contributed by atoms with Crippen molar-refractivity contribution in [2.24, 2.45) is 0 Å². The third kappa shape index (κ3) is 2.61. The number of rotatable bonds is 5. The number of hydrogen-bond acceptors (Lipinski definition) is 6. The Morgan fingerprint density at radius 3 is 3.00 bits per heavy atom. The van der Waals surface area contributed by atoms with Gasteiger partial charge >= 0.3 is 5.97 Å². The monoisotopic (exact) mass is 316 g/mol. The maximum atomic E-state index is 11.2. The van der Waals surface area contributed by atoms with E-state index >= 15 is 0 Å². The van der Waals surface area contributed by atoms with Gasteiger partial charge < -0.3 is 9.84 Å². The number of ether oxygens (including phenoxy) is 1. The van der Waals surface area contributed by atoms with Crippen LogP contribution in [0.25, 0.3) is 16.5 Å². The third-order valence-electron chi connectivity index (χ3n) is 2.99. The second-order valence-corrected chi connectivity index (χ2v) is 5.32. The number of hydrogen-bond donors (Lipinski definition) is 1. The number of thiophene rings is 1. The molecule has 0 saturated carbocycles. The molecule has 22 heavy (non-hydrogen) atoms. The van der Waals surface area contributed by atoms with Crippen molar-refractivity contribution < 1.29 is 14.6 Å². The maximum Gasteiger partial charge on any atom is 0.339 e. The van der Waals surface area contributed by atoms with Crippen LogP contribution in [0.15, 0.2) is 36.0 Å². The van der Waals surface area contributed by atoms with E-state index in [1.165, 1.54) is 18.0 Å². The molecule has 0 aliphatic rings. The van der Waals surface area contributed by atoms with E-state index in [2.05, 4.69) is 15.1 Å². The van der Waals surface area contributed by atoms with Gasteiger partial charge in [0.2, 0.25) is 0 Å². The second-order valence-electron chi connectivity index (χ2n) is 4.37. The standard InChI is InChI=1S/C14H12N4O3S/c1-21-8-11-9(13(19)20)7-16-18(11)14-15-5-4-10(17-14)12-3-2-6-22-12/h2-7H,8H2,1H3,(H,19,20). The van der Waals surface area contributed by atoms with Crippen molar-refractivity contribution >= 4 is 17.3 Å². The Morgan fingerprint density at radius 2 is 2.32 bits per heavy atom. The first-order valence-corrected chi connectivity index (χ1v) is 7.25. The number of nitrogens with zero attached hydrogens (tertiary/aromatic N) is 4. The average Bonchev–Trinajstić information content (AvgIpc) is 3.17. The largest absolute Gasteiger partial charge is 0.478 e. The quantitative estimate of drug-likeness (QED) is 0.776. The fourth-order valence-corrected chi connectivity index (χ4v) is 2.71. The van der Waals surface area contributed by atoms with Gasteiger partial charge in [0.1, 0.15) is 5.56 Å². The lowest BCUT2D eigenvalue weighted by Crippen LogP contribution is -2.10. The molecule has 112 valence electrons. The number of aromatic carboxylic acids is 1. The molecule has 3 heterocycles. The van der Waals surface area contributed by atoms with E-state index in [-0.39, 0.29) is 12.2 Å². The van der Waals surface area contributed by atoms with Gasteiger partial charge in [-0.1, -0.05) is 6.07 Å². The van der Waals surface area contributed by atoms with Crippen molar-refractivity contribution in [2.45, 2.75) is 6.61 Å². The Balaban J connectivity index is 2.08. The van der Waals surface area contributed by atoms with Crippen LogP contribution in [-0.2, 0) is 11.3 Å². The molecule has 7 nitrogen and oxygen atoms in total. The van der Waals surface area contributed by atoms with Crippen molar-refractivity contribution in [3.05, 3.63) is 47.2 Å². The summed E-state index contributed by atoms with van der Waals surface area (Å²) in [5.74, 6) is -0.752. The number of aromatic nitrogens is 4. The van der Waals surface area contributed by atoms with Gasteiger partial charge in [-0.25, -0.2) is 14.8 Å². The van der Waals surface area contributed by atoms with Crippen LogP contribution in [0.5, 0.6) is 0 Å². The van der Waals surface area contributed by atoms with Gasteiger partial charge in [-0.05, 0) is 17.5 Å². The summed E-state index contributed by atoms with van der Waals surface area (Å²) in [4.78, 5) is 20.9. The van der Waals surface area contributed by atoms with Crippen LogP contribution >= 0.6 is 11.3 Å². The van der Waals surface area contributed by atoms with Crippen LogP contribution in [0.2, 0.25) is 0 Å². The first-order valence-electron chi connectivity index (χ1n) is 6.37. The second kappa shape index (κ2) is 6.04. The van der Waals surface area contributed by atoms with Gasteiger partial charge in [0, 0.05) is 13.3 Å². The highest BCUT2D eigenvalue weighted by molar-refractivity contribution is 7.13. The molecule has 0 amide bonds. The topological polar surface area (TPSA) is 90.1 Å². The molecule has 3 aromatic heterocycles. The smallest absolute Gasteiger partial charge is 0.339 e. The van der Waals surface area contributed by atoms with E-state index in [1.807, 2.05) is 17.5 Å². The number of carboxylic acid groups (broad SMARTS) is 1. The van der Waals surface area contributed by atoms with Crippen LogP contribution in [-0.4, -0.2) is 37.9 Å². The Morgan fingerprint density at radius 1 is 1.45 bits per heavy atom. The normalized spacial score (nSPS) is 10.8. The van der Waals surface area contributed by atoms with E-state index in [4.69, 9.17) is 4.74 Å². The van der Waals surface area contributed by atoms with Gasteiger partial charge in [-0.2, -0.15) is 9.78 Å². The molecular formula is C14H12N4O3S. The van der Waals surface area contributed by atoms with Crippen molar-refractivity contribution in [3.63, 3.8) is 0 Å². The zero-order valence-electron chi connectivity index (χ0n) is 11.6. The Bertz CT molecular complexity index is 798. The van der Waals surface area contributed by atoms with E-state index in [0.717, 1.165) is 10.6 Å². The van der Waals surface area contributed by atoms with Crippen LogP contribution in [0.3, 0.4) is 0 Å². The lowest BCUT2D eigenvalue weighted by molar-refractivity contribution is 0.0691. The first kappa shape index (κ1) is 14.4. The predicted molar refractivity (Wildman–Crippen MR) is 80.1 cm³/mol. The Labute approximate surface area is 129 Å². The molecule has 0 aromatic carbocycles. The lowest BCUT2D eigenvalue weighted by atomic mass is 10.2. The van der Waals surface area contributed by atoms with Crippen LogP contribution in [0.4, 0.5) is 0 Å². The molecule has 1 N–H and O–H groups in total. The molecule has 0 atom stereocenters. The molecular weight excluding hydrogens is 304 g/mol. The van der Waals surface area contributed by atoms with Gasteiger partial charge in [0.05, 0.1) is 29.1 Å². The van der Waals surface area contributed by atoms with Crippen molar-refractivity contribution in [1.29, 1.82) is 0 Å². The van der Waals surface area contributed by atoms with Gasteiger partial charge in [0.15, 0.2) is 0 Å².